The second kappa shape index (κ2) is 9.36. The molecule has 9 heteroatoms. The topological polar surface area (TPSA) is 102 Å². The summed E-state index contributed by atoms with van der Waals surface area (Å²) < 4.78 is 6.65. The lowest BCUT2D eigenvalue weighted by Crippen LogP contribution is -2.44. The fraction of sp³-hybridized carbons (Fsp3) is 0.368. The number of ether oxygens (including phenoxy) is 1. The minimum atomic E-state index is -1.17. The highest BCUT2D eigenvalue weighted by molar-refractivity contribution is 6.32. The van der Waals surface area contributed by atoms with E-state index < -0.39 is 24.0 Å². The number of nitrogens with one attached hydrogen (secondary N) is 2. The summed E-state index contributed by atoms with van der Waals surface area (Å²) in [6.45, 7) is 7.46. The molecule has 0 aliphatic heterocycles. The third-order valence-corrected chi connectivity index (χ3v) is 4.33. The average Bonchev–Trinajstić information content (AvgIpc) is 2.90. The summed E-state index contributed by atoms with van der Waals surface area (Å²) in [5.41, 5.74) is 2.59. The molecule has 150 valence electrons. The Morgan fingerprint density at radius 2 is 1.86 bits per heavy atom. The lowest BCUT2D eigenvalue weighted by molar-refractivity contribution is -0.127. The number of urea groups is 1. The molecule has 3 amide bonds. The number of halogens is 1. The predicted octanol–water partition coefficient (Wildman–Crippen LogP) is 2.59. The molecule has 2 aromatic rings. The molecule has 0 aliphatic rings. The van der Waals surface area contributed by atoms with Crippen molar-refractivity contribution >= 4 is 29.5 Å². The minimum absolute atomic E-state index is 0.0893. The van der Waals surface area contributed by atoms with E-state index in [-0.39, 0.29) is 10.7 Å². The Hall–Kier alpha value is -2.87. The van der Waals surface area contributed by atoms with E-state index in [1.807, 2.05) is 31.2 Å². The zero-order valence-corrected chi connectivity index (χ0v) is 17.0. The second-order valence-corrected chi connectivity index (χ2v) is 6.65. The van der Waals surface area contributed by atoms with Gasteiger partial charge in [0.25, 0.3) is 5.91 Å². The average molecular weight is 407 g/mol. The van der Waals surface area contributed by atoms with Crippen LogP contribution in [0.1, 0.15) is 41.0 Å². The van der Waals surface area contributed by atoms with Crippen LogP contribution in [0.25, 0.3) is 0 Å². The van der Waals surface area contributed by atoms with Gasteiger partial charge in [0.2, 0.25) is 0 Å². The molecule has 0 fully saturated rings. The highest BCUT2D eigenvalue weighted by Crippen LogP contribution is 2.22. The highest BCUT2D eigenvalue weighted by Gasteiger charge is 2.26. The third kappa shape index (κ3) is 5.32. The summed E-state index contributed by atoms with van der Waals surface area (Å²) >= 11 is 6.33. The summed E-state index contributed by atoms with van der Waals surface area (Å²) in [6.07, 6.45) is -1.17. The monoisotopic (exact) mass is 406 g/mol. The van der Waals surface area contributed by atoms with Crippen LogP contribution in [0.2, 0.25) is 5.15 Å². The molecular formula is C19H23ClN4O4. The minimum Gasteiger partial charge on any atom is -0.449 e. The summed E-state index contributed by atoms with van der Waals surface area (Å²) in [5, 5.41) is 8.93. The van der Waals surface area contributed by atoms with Crippen LogP contribution in [0.15, 0.2) is 24.3 Å². The van der Waals surface area contributed by atoms with Gasteiger partial charge in [0.15, 0.2) is 6.10 Å². The van der Waals surface area contributed by atoms with Crippen molar-refractivity contribution in [1.82, 2.24) is 20.4 Å². The Labute approximate surface area is 168 Å². The largest absolute Gasteiger partial charge is 0.449 e. The number of aryl methyl sites for hydroxylation is 2. The number of rotatable bonds is 6. The van der Waals surface area contributed by atoms with Crippen molar-refractivity contribution in [3.63, 3.8) is 0 Å². The molecule has 8 nitrogen and oxygen atoms in total. The number of imide groups is 1. The molecule has 0 aliphatic carbocycles. The van der Waals surface area contributed by atoms with Crippen LogP contribution in [0.4, 0.5) is 4.79 Å². The number of hydrogen-bond acceptors (Lipinski definition) is 5. The van der Waals surface area contributed by atoms with Crippen LogP contribution in [-0.2, 0) is 16.1 Å². The van der Waals surface area contributed by atoms with Crippen molar-refractivity contribution in [1.29, 1.82) is 0 Å². The zero-order valence-electron chi connectivity index (χ0n) is 16.2. The third-order valence-electron chi connectivity index (χ3n) is 3.95. The zero-order chi connectivity index (χ0) is 20.8. The number of esters is 1. The lowest BCUT2D eigenvalue weighted by atomic mass is 10.1. The van der Waals surface area contributed by atoms with Crippen LogP contribution in [0.3, 0.4) is 0 Å². The number of carbonyl (C=O) groups excluding carboxylic acids is 3. The Bertz CT molecular complexity index is 877. The molecule has 28 heavy (non-hydrogen) atoms. The van der Waals surface area contributed by atoms with Crippen molar-refractivity contribution in [2.24, 2.45) is 0 Å². The van der Waals surface area contributed by atoms with Crippen molar-refractivity contribution < 1.29 is 19.1 Å². The van der Waals surface area contributed by atoms with Crippen molar-refractivity contribution in [3.8, 4) is 0 Å². The molecule has 0 saturated heterocycles. The number of amides is 3. The maximum Gasteiger partial charge on any atom is 0.343 e. The summed E-state index contributed by atoms with van der Waals surface area (Å²) in [6, 6.07) is 7.20. The van der Waals surface area contributed by atoms with Crippen LogP contribution in [0.5, 0.6) is 0 Å². The molecule has 0 bridgehead atoms. The van der Waals surface area contributed by atoms with E-state index in [1.165, 1.54) is 11.6 Å². The SMILES string of the molecule is CCNC(=O)NC(=O)[C@@H](C)OC(=O)c1c(C)nn(Cc2ccc(C)cc2)c1Cl. The molecular weight excluding hydrogens is 384 g/mol. The quantitative estimate of drug-likeness (QED) is 0.718. The standard InChI is InChI=1S/C19H23ClN4O4/c1-5-21-19(27)22-17(25)13(4)28-18(26)15-12(3)23-24(16(15)20)10-14-8-6-11(2)7-9-14/h6-9,13H,5,10H2,1-4H3,(H2,21,22,25,27)/t13-/m1/s1. The van der Waals surface area contributed by atoms with E-state index in [1.54, 1.807) is 13.8 Å². The van der Waals surface area contributed by atoms with Crippen molar-refractivity contribution in [2.45, 2.75) is 40.3 Å². The molecule has 0 spiro atoms. The van der Waals surface area contributed by atoms with Gasteiger partial charge >= 0.3 is 12.0 Å². The van der Waals surface area contributed by atoms with Crippen molar-refractivity contribution in [2.75, 3.05) is 6.54 Å². The molecule has 0 saturated carbocycles. The van der Waals surface area contributed by atoms with E-state index in [0.717, 1.165) is 11.1 Å². The summed E-state index contributed by atoms with van der Waals surface area (Å²) in [5.74, 6) is -1.52. The van der Waals surface area contributed by atoms with Gasteiger partial charge < -0.3 is 10.1 Å². The molecule has 1 aromatic carbocycles. The van der Waals surface area contributed by atoms with Crippen LogP contribution >= 0.6 is 11.6 Å². The first kappa shape index (κ1) is 21.4. The fourth-order valence-corrected chi connectivity index (χ4v) is 2.76. The van der Waals surface area contributed by atoms with Gasteiger partial charge in [-0.2, -0.15) is 5.10 Å². The Kier molecular flexibility index (Phi) is 7.17. The molecule has 2 rings (SSSR count). The Morgan fingerprint density at radius 1 is 1.21 bits per heavy atom. The van der Waals surface area contributed by atoms with E-state index in [0.29, 0.717) is 18.8 Å². The Balaban J connectivity index is 2.09. The number of benzene rings is 1. The van der Waals surface area contributed by atoms with Gasteiger partial charge in [-0.3, -0.25) is 10.1 Å². The van der Waals surface area contributed by atoms with Gasteiger partial charge in [0.05, 0.1) is 12.2 Å². The summed E-state index contributed by atoms with van der Waals surface area (Å²) in [4.78, 5) is 35.8. The van der Waals surface area contributed by atoms with Gasteiger partial charge in [0.1, 0.15) is 10.7 Å². The van der Waals surface area contributed by atoms with Gasteiger partial charge in [-0.05, 0) is 33.3 Å². The highest BCUT2D eigenvalue weighted by atomic mass is 35.5. The molecule has 1 aromatic heterocycles. The number of hydrogen-bond donors (Lipinski definition) is 2. The first-order valence-corrected chi connectivity index (χ1v) is 9.18. The van der Waals surface area contributed by atoms with Gasteiger partial charge in [-0.15, -0.1) is 0 Å². The van der Waals surface area contributed by atoms with Crippen molar-refractivity contribution in [3.05, 3.63) is 51.8 Å². The molecule has 0 radical (unpaired) electrons. The first-order chi connectivity index (χ1) is 13.2. The predicted molar refractivity (Wildman–Crippen MR) is 104 cm³/mol. The maximum absolute atomic E-state index is 12.5. The van der Waals surface area contributed by atoms with E-state index >= 15 is 0 Å². The fourth-order valence-electron chi connectivity index (χ4n) is 2.45. The van der Waals surface area contributed by atoms with Gasteiger partial charge in [-0.1, -0.05) is 41.4 Å². The second-order valence-electron chi connectivity index (χ2n) is 6.29. The molecule has 2 N–H and O–H groups in total. The number of aromatic nitrogens is 2. The van der Waals surface area contributed by atoms with Crippen LogP contribution < -0.4 is 10.6 Å². The van der Waals surface area contributed by atoms with E-state index in [2.05, 4.69) is 15.7 Å². The van der Waals surface area contributed by atoms with E-state index in [9.17, 15) is 14.4 Å². The van der Waals surface area contributed by atoms with Gasteiger partial charge in [0, 0.05) is 6.54 Å². The molecule has 0 unspecified atom stereocenters. The van der Waals surface area contributed by atoms with Crippen LogP contribution in [-0.4, -0.2) is 40.3 Å². The Morgan fingerprint density at radius 3 is 2.46 bits per heavy atom. The van der Waals surface area contributed by atoms with Crippen LogP contribution in [0, 0.1) is 13.8 Å². The summed E-state index contributed by atoms with van der Waals surface area (Å²) in [7, 11) is 0. The van der Waals surface area contributed by atoms with E-state index in [4.69, 9.17) is 16.3 Å². The molecule has 1 heterocycles. The smallest absolute Gasteiger partial charge is 0.343 e. The number of carbonyl (C=O) groups is 3. The maximum atomic E-state index is 12.5. The normalized spacial score (nSPS) is 11.6. The first-order valence-electron chi connectivity index (χ1n) is 8.81. The molecule has 1 atom stereocenters. The lowest BCUT2D eigenvalue weighted by Gasteiger charge is -2.13. The van der Waals surface area contributed by atoms with Gasteiger partial charge in [-0.25, -0.2) is 14.3 Å². The number of nitrogens with zero attached hydrogens (tertiary/aromatic N) is 2.